The fraction of sp³-hybridized carbons (Fsp3) is 0.435. The third-order valence-corrected chi connectivity index (χ3v) is 7.90. The van der Waals surface area contributed by atoms with E-state index in [1.807, 2.05) is 0 Å². The highest BCUT2D eigenvalue weighted by atomic mass is 35.5. The quantitative estimate of drug-likeness (QED) is 0.597. The van der Waals surface area contributed by atoms with Crippen molar-refractivity contribution < 1.29 is 17.6 Å². The lowest BCUT2D eigenvalue weighted by Crippen LogP contribution is -2.31. The minimum absolute atomic E-state index is 0.0946. The Bertz CT molecular complexity index is 984. The molecule has 1 saturated heterocycles. The summed E-state index contributed by atoms with van der Waals surface area (Å²) in [6.45, 7) is 1.23. The molecule has 0 aromatic heterocycles. The third kappa shape index (κ3) is 6.05. The summed E-state index contributed by atoms with van der Waals surface area (Å²) in [5.41, 5.74) is 1.17. The van der Waals surface area contributed by atoms with E-state index in [1.165, 1.54) is 17.0 Å². The maximum absolute atomic E-state index is 13.9. The zero-order chi connectivity index (χ0) is 22.4. The molecule has 0 aliphatic carbocycles. The molecule has 8 heteroatoms. The molecule has 2 aromatic carbocycles. The van der Waals surface area contributed by atoms with E-state index < -0.39 is 15.8 Å². The van der Waals surface area contributed by atoms with Crippen molar-refractivity contribution in [2.75, 3.05) is 20.1 Å². The summed E-state index contributed by atoms with van der Waals surface area (Å²) in [7, 11) is -1.87. The van der Waals surface area contributed by atoms with Crippen molar-refractivity contribution in [1.82, 2.24) is 9.21 Å². The first kappa shape index (κ1) is 23.7. The predicted molar refractivity (Wildman–Crippen MR) is 120 cm³/mol. The van der Waals surface area contributed by atoms with Crippen LogP contribution in [0.1, 0.15) is 43.2 Å². The average Bonchev–Trinajstić information content (AvgIpc) is 3.05. The van der Waals surface area contributed by atoms with E-state index in [9.17, 15) is 17.6 Å². The van der Waals surface area contributed by atoms with Gasteiger partial charge in [-0.3, -0.25) is 4.79 Å². The first-order chi connectivity index (χ1) is 14.8. The smallest absolute Gasteiger partial charge is 0.243 e. The molecule has 2 aromatic rings. The fourth-order valence-corrected chi connectivity index (χ4v) is 5.45. The SMILES string of the molecule is CN(Cc1c(F)cccc1Cl)C(=O)CCc1ccc(S(=O)(=O)N2CCCCCC2)cc1. The van der Waals surface area contributed by atoms with Crippen molar-refractivity contribution in [2.45, 2.75) is 50.0 Å². The van der Waals surface area contributed by atoms with E-state index in [2.05, 4.69) is 0 Å². The van der Waals surface area contributed by atoms with Crippen LogP contribution in [0.15, 0.2) is 47.4 Å². The number of rotatable bonds is 7. The van der Waals surface area contributed by atoms with Gasteiger partial charge in [-0.25, -0.2) is 12.8 Å². The van der Waals surface area contributed by atoms with Crippen LogP contribution < -0.4 is 0 Å². The summed E-state index contributed by atoms with van der Waals surface area (Å²) in [5.74, 6) is -0.575. The number of benzene rings is 2. The Kier molecular flexibility index (Phi) is 8.08. The normalized spacial score (nSPS) is 15.5. The van der Waals surface area contributed by atoms with Crippen molar-refractivity contribution in [2.24, 2.45) is 0 Å². The van der Waals surface area contributed by atoms with Crippen LogP contribution in [0.3, 0.4) is 0 Å². The molecule has 1 aliphatic heterocycles. The van der Waals surface area contributed by atoms with Crippen LogP contribution in [0.25, 0.3) is 0 Å². The molecule has 1 aliphatic rings. The lowest BCUT2D eigenvalue weighted by molar-refractivity contribution is -0.130. The topological polar surface area (TPSA) is 57.7 Å². The number of carbonyl (C=O) groups is 1. The van der Waals surface area contributed by atoms with Gasteiger partial charge in [0.2, 0.25) is 15.9 Å². The highest BCUT2D eigenvalue weighted by Crippen LogP contribution is 2.22. The molecule has 0 N–H and O–H groups in total. The molecule has 1 fully saturated rings. The second kappa shape index (κ2) is 10.6. The van der Waals surface area contributed by atoms with E-state index in [4.69, 9.17) is 11.6 Å². The van der Waals surface area contributed by atoms with Crippen molar-refractivity contribution in [3.8, 4) is 0 Å². The van der Waals surface area contributed by atoms with Gasteiger partial charge in [-0.05, 0) is 49.1 Å². The first-order valence-corrected chi connectivity index (χ1v) is 12.4. The van der Waals surface area contributed by atoms with E-state index in [0.717, 1.165) is 31.2 Å². The zero-order valence-corrected chi connectivity index (χ0v) is 19.3. The van der Waals surface area contributed by atoms with Gasteiger partial charge < -0.3 is 4.90 Å². The number of carbonyl (C=O) groups excluding carboxylic acids is 1. The van der Waals surface area contributed by atoms with E-state index >= 15 is 0 Å². The van der Waals surface area contributed by atoms with Gasteiger partial charge in [-0.15, -0.1) is 0 Å². The zero-order valence-electron chi connectivity index (χ0n) is 17.7. The maximum atomic E-state index is 13.9. The molecule has 168 valence electrons. The van der Waals surface area contributed by atoms with Gasteiger partial charge in [0.25, 0.3) is 0 Å². The molecule has 0 saturated carbocycles. The van der Waals surface area contributed by atoms with Gasteiger partial charge >= 0.3 is 0 Å². The molecule has 0 spiro atoms. The van der Waals surface area contributed by atoms with Crippen molar-refractivity contribution in [3.05, 3.63) is 64.4 Å². The van der Waals surface area contributed by atoms with Gasteiger partial charge in [-0.2, -0.15) is 4.31 Å². The molecule has 0 radical (unpaired) electrons. The molecular weight excluding hydrogens is 439 g/mol. The molecule has 0 atom stereocenters. The van der Waals surface area contributed by atoms with Crippen molar-refractivity contribution in [1.29, 1.82) is 0 Å². The Morgan fingerprint density at radius 2 is 1.71 bits per heavy atom. The minimum Gasteiger partial charge on any atom is -0.341 e. The summed E-state index contributed by atoms with van der Waals surface area (Å²) in [6.07, 6.45) is 4.63. The second-order valence-corrected chi connectivity index (χ2v) is 10.3. The Morgan fingerprint density at radius 3 is 2.32 bits per heavy atom. The molecule has 5 nitrogen and oxygen atoms in total. The lowest BCUT2D eigenvalue weighted by Gasteiger charge is -2.20. The van der Waals surface area contributed by atoms with Crippen LogP contribution in [-0.4, -0.2) is 43.7 Å². The summed E-state index contributed by atoms with van der Waals surface area (Å²) in [5, 5.41) is 0.292. The monoisotopic (exact) mass is 466 g/mol. The number of aryl methyl sites for hydroxylation is 1. The molecule has 31 heavy (non-hydrogen) atoms. The predicted octanol–water partition coefficient (Wildman–Crippen LogP) is 4.64. The standard InChI is InChI=1S/C23H28ClFN2O3S/c1-26(17-20-21(24)7-6-8-22(20)25)23(28)14-11-18-9-12-19(13-10-18)31(29,30)27-15-4-2-3-5-16-27/h6-10,12-13H,2-5,11,14-17H2,1H3. The van der Waals surface area contributed by atoms with Gasteiger partial charge in [-0.1, -0.05) is 42.6 Å². The van der Waals surface area contributed by atoms with Gasteiger partial charge in [0.15, 0.2) is 0 Å². The van der Waals surface area contributed by atoms with Crippen LogP contribution in [-0.2, 0) is 27.8 Å². The Hall–Kier alpha value is -1.96. The number of sulfonamides is 1. The molecule has 1 heterocycles. The Balaban J connectivity index is 1.58. The molecule has 0 unspecified atom stereocenters. The second-order valence-electron chi connectivity index (χ2n) is 7.91. The largest absolute Gasteiger partial charge is 0.341 e. The fourth-order valence-electron chi connectivity index (χ4n) is 3.71. The van der Waals surface area contributed by atoms with E-state index in [-0.39, 0.29) is 23.8 Å². The third-order valence-electron chi connectivity index (χ3n) is 5.64. The summed E-state index contributed by atoms with van der Waals surface area (Å²) in [4.78, 5) is 14.2. The van der Waals surface area contributed by atoms with E-state index in [0.29, 0.717) is 30.1 Å². The lowest BCUT2D eigenvalue weighted by atomic mass is 10.1. The highest BCUT2D eigenvalue weighted by molar-refractivity contribution is 7.89. The summed E-state index contributed by atoms with van der Waals surface area (Å²) < 4.78 is 41.2. The van der Waals surface area contributed by atoms with Crippen molar-refractivity contribution >= 4 is 27.5 Å². The van der Waals surface area contributed by atoms with Crippen LogP contribution in [0, 0.1) is 5.82 Å². The van der Waals surface area contributed by atoms with Crippen molar-refractivity contribution in [3.63, 3.8) is 0 Å². The number of halogens is 2. The Morgan fingerprint density at radius 1 is 1.06 bits per heavy atom. The number of hydrogen-bond acceptors (Lipinski definition) is 3. The first-order valence-electron chi connectivity index (χ1n) is 10.5. The number of hydrogen-bond donors (Lipinski definition) is 0. The van der Waals surface area contributed by atoms with Gasteiger partial charge in [0.1, 0.15) is 5.82 Å². The van der Waals surface area contributed by atoms with Crippen LogP contribution in [0.2, 0.25) is 5.02 Å². The molecular formula is C23H28ClFN2O3S. The summed E-state index contributed by atoms with van der Waals surface area (Å²) in [6, 6.07) is 11.2. The highest BCUT2D eigenvalue weighted by Gasteiger charge is 2.25. The number of amides is 1. The summed E-state index contributed by atoms with van der Waals surface area (Å²) >= 11 is 6.04. The average molecular weight is 467 g/mol. The maximum Gasteiger partial charge on any atom is 0.243 e. The van der Waals surface area contributed by atoms with Gasteiger partial charge in [0, 0.05) is 43.7 Å². The van der Waals surface area contributed by atoms with Crippen LogP contribution in [0.4, 0.5) is 4.39 Å². The Labute approximate surface area is 188 Å². The molecule has 3 rings (SSSR count). The van der Waals surface area contributed by atoms with Crippen LogP contribution >= 0.6 is 11.6 Å². The molecule has 1 amide bonds. The minimum atomic E-state index is -3.48. The van der Waals surface area contributed by atoms with E-state index in [1.54, 1.807) is 41.7 Å². The van der Waals surface area contributed by atoms with Gasteiger partial charge in [0.05, 0.1) is 4.90 Å². The number of nitrogens with zero attached hydrogens (tertiary/aromatic N) is 2. The molecule has 0 bridgehead atoms. The van der Waals surface area contributed by atoms with Crippen LogP contribution in [0.5, 0.6) is 0 Å².